The predicted molar refractivity (Wildman–Crippen MR) is 95.8 cm³/mol. The molecule has 0 saturated heterocycles. The highest BCUT2D eigenvalue weighted by Crippen LogP contribution is 2.31. The lowest BCUT2D eigenvalue weighted by atomic mass is 10.1. The molecule has 4 rings (SSSR count). The summed E-state index contributed by atoms with van der Waals surface area (Å²) in [6.45, 7) is 0.0198. The van der Waals surface area contributed by atoms with Crippen molar-refractivity contribution in [1.82, 2.24) is 14.3 Å². The molecule has 0 radical (unpaired) electrons. The van der Waals surface area contributed by atoms with Crippen molar-refractivity contribution in [3.8, 4) is 0 Å². The lowest BCUT2D eigenvalue weighted by Gasteiger charge is -2.23. The molecule has 1 fully saturated rings. The molecular formula is C19H15ClFN3O2. The monoisotopic (exact) mass is 371 g/mol. The highest BCUT2D eigenvalue weighted by Gasteiger charge is 2.35. The van der Waals surface area contributed by atoms with Gasteiger partial charge < -0.3 is 4.90 Å². The number of rotatable bonds is 4. The fourth-order valence-corrected chi connectivity index (χ4v) is 3.16. The standard InChI is InChI=1S/C19H15ClFN3O2/c20-15-4-3-5-16(21)14(15)11-24(12-7-8-12)19(26)13-10-22-17-6-1-2-9-23(17)18(13)25/h1-6,9-10,12H,7-8,11H2. The molecule has 0 bridgehead atoms. The van der Waals surface area contributed by atoms with Gasteiger partial charge in [0, 0.05) is 29.0 Å². The zero-order valence-corrected chi connectivity index (χ0v) is 14.5. The van der Waals surface area contributed by atoms with E-state index < -0.39 is 17.3 Å². The summed E-state index contributed by atoms with van der Waals surface area (Å²) < 4.78 is 15.5. The van der Waals surface area contributed by atoms with Crippen LogP contribution in [0.1, 0.15) is 28.8 Å². The number of amides is 1. The molecule has 132 valence electrons. The maximum absolute atomic E-state index is 14.1. The van der Waals surface area contributed by atoms with E-state index in [4.69, 9.17) is 11.6 Å². The second-order valence-corrected chi connectivity index (χ2v) is 6.68. The third-order valence-corrected chi connectivity index (χ3v) is 4.84. The molecule has 2 heterocycles. The molecule has 0 spiro atoms. The Morgan fingerprint density at radius 3 is 2.81 bits per heavy atom. The summed E-state index contributed by atoms with van der Waals surface area (Å²) in [6, 6.07) is 9.54. The molecule has 26 heavy (non-hydrogen) atoms. The maximum atomic E-state index is 14.1. The van der Waals surface area contributed by atoms with Crippen molar-refractivity contribution in [3.63, 3.8) is 0 Å². The Labute approximate surface area is 153 Å². The predicted octanol–water partition coefficient (Wildman–Crippen LogP) is 3.29. The molecule has 5 nitrogen and oxygen atoms in total. The fraction of sp³-hybridized carbons (Fsp3) is 0.211. The van der Waals surface area contributed by atoms with Gasteiger partial charge in [0.15, 0.2) is 0 Å². The van der Waals surface area contributed by atoms with Gasteiger partial charge in [0.05, 0.1) is 6.54 Å². The van der Waals surface area contributed by atoms with Crippen LogP contribution < -0.4 is 5.56 Å². The molecule has 0 N–H and O–H groups in total. The Morgan fingerprint density at radius 1 is 1.27 bits per heavy atom. The molecule has 2 aromatic heterocycles. The molecular weight excluding hydrogens is 357 g/mol. The van der Waals surface area contributed by atoms with Crippen LogP contribution in [0.3, 0.4) is 0 Å². The van der Waals surface area contributed by atoms with E-state index in [9.17, 15) is 14.0 Å². The molecule has 0 unspecified atom stereocenters. The first-order valence-corrected chi connectivity index (χ1v) is 8.64. The summed E-state index contributed by atoms with van der Waals surface area (Å²) >= 11 is 6.10. The molecule has 3 aromatic rings. The average molecular weight is 372 g/mol. The van der Waals surface area contributed by atoms with E-state index in [2.05, 4.69) is 4.98 Å². The van der Waals surface area contributed by atoms with Crippen LogP contribution in [-0.4, -0.2) is 26.2 Å². The highest BCUT2D eigenvalue weighted by molar-refractivity contribution is 6.31. The van der Waals surface area contributed by atoms with Crippen molar-refractivity contribution in [2.45, 2.75) is 25.4 Å². The van der Waals surface area contributed by atoms with Crippen LogP contribution in [0.25, 0.3) is 5.65 Å². The minimum absolute atomic E-state index is 0.0194. The topological polar surface area (TPSA) is 54.7 Å². The first-order valence-electron chi connectivity index (χ1n) is 8.26. The summed E-state index contributed by atoms with van der Waals surface area (Å²) in [7, 11) is 0. The van der Waals surface area contributed by atoms with Gasteiger partial charge in [-0.25, -0.2) is 9.37 Å². The van der Waals surface area contributed by atoms with E-state index in [0.717, 1.165) is 12.8 Å². The van der Waals surface area contributed by atoms with E-state index in [1.807, 2.05) is 0 Å². The third-order valence-electron chi connectivity index (χ3n) is 4.48. The first kappa shape index (κ1) is 16.7. The smallest absolute Gasteiger partial charge is 0.270 e. The van der Waals surface area contributed by atoms with E-state index in [1.54, 1.807) is 30.5 Å². The number of aromatic nitrogens is 2. The van der Waals surface area contributed by atoms with Gasteiger partial charge in [-0.2, -0.15) is 0 Å². The van der Waals surface area contributed by atoms with Crippen molar-refractivity contribution in [3.05, 3.63) is 81.1 Å². The van der Waals surface area contributed by atoms with Gasteiger partial charge in [-0.05, 0) is 37.1 Å². The normalized spacial score (nSPS) is 13.8. The molecule has 0 aliphatic heterocycles. The summed E-state index contributed by atoms with van der Waals surface area (Å²) in [5.74, 6) is -0.924. The molecule has 1 saturated carbocycles. The number of fused-ring (bicyclic) bond motifs is 1. The van der Waals surface area contributed by atoms with Crippen LogP contribution >= 0.6 is 11.6 Å². The van der Waals surface area contributed by atoms with Gasteiger partial charge in [0.1, 0.15) is 17.0 Å². The molecule has 1 aliphatic rings. The summed E-state index contributed by atoms with van der Waals surface area (Å²) in [6.07, 6.45) is 4.50. The van der Waals surface area contributed by atoms with Crippen molar-refractivity contribution in [2.24, 2.45) is 0 Å². The van der Waals surface area contributed by atoms with Crippen LogP contribution in [0.4, 0.5) is 4.39 Å². The number of carbonyl (C=O) groups is 1. The number of halogens is 2. The SMILES string of the molecule is O=C(c1cnc2ccccn2c1=O)N(Cc1c(F)cccc1Cl)C1CC1. The Hall–Kier alpha value is -2.73. The third kappa shape index (κ3) is 2.97. The number of hydrogen-bond acceptors (Lipinski definition) is 3. The zero-order chi connectivity index (χ0) is 18.3. The molecule has 1 aliphatic carbocycles. The Kier molecular flexibility index (Phi) is 4.20. The maximum Gasteiger partial charge on any atom is 0.270 e. The van der Waals surface area contributed by atoms with E-state index in [0.29, 0.717) is 5.65 Å². The quantitative estimate of drug-likeness (QED) is 0.707. The van der Waals surface area contributed by atoms with Crippen molar-refractivity contribution >= 4 is 23.2 Å². The van der Waals surface area contributed by atoms with Crippen LogP contribution in [0.5, 0.6) is 0 Å². The van der Waals surface area contributed by atoms with Gasteiger partial charge in [-0.1, -0.05) is 23.7 Å². The van der Waals surface area contributed by atoms with Gasteiger partial charge in [-0.15, -0.1) is 0 Å². The number of hydrogen-bond donors (Lipinski definition) is 0. The Bertz CT molecular complexity index is 1040. The van der Waals surface area contributed by atoms with Gasteiger partial charge in [0.25, 0.3) is 11.5 Å². The largest absolute Gasteiger partial charge is 0.331 e. The molecule has 1 amide bonds. The van der Waals surface area contributed by atoms with Gasteiger partial charge >= 0.3 is 0 Å². The van der Waals surface area contributed by atoms with Gasteiger partial charge in [0.2, 0.25) is 0 Å². The summed E-state index contributed by atoms with van der Waals surface area (Å²) in [5.41, 5.74) is 0.242. The minimum atomic E-state index is -0.468. The van der Waals surface area contributed by atoms with Gasteiger partial charge in [-0.3, -0.25) is 14.0 Å². The average Bonchev–Trinajstić information content (AvgIpc) is 3.47. The number of benzene rings is 1. The Balaban J connectivity index is 1.73. The van der Waals surface area contributed by atoms with E-state index >= 15 is 0 Å². The minimum Gasteiger partial charge on any atom is -0.331 e. The van der Waals surface area contributed by atoms with E-state index in [-0.39, 0.29) is 28.7 Å². The van der Waals surface area contributed by atoms with Crippen LogP contribution in [0.2, 0.25) is 5.02 Å². The molecule has 1 aromatic carbocycles. The highest BCUT2D eigenvalue weighted by atomic mass is 35.5. The van der Waals surface area contributed by atoms with Crippen molar-refractivity contribution in [2.75, 3.05) is 0 Å². The first-order chi connectivity index (χ1) is 12.6. The van der Waals surface area contributed by atoms with Crippen LogP contribution in [-0.2, 0) is 6.54 Å². The second-order valence-electron chi connectivity index (χ2n) is 6.27. The lowest BCUT2D eigenvalue weighted by molar-refractivity contribution is 0.0726. The number of pyridine rings is 1. The number of nitrogens with zero attached hydrogens (tertiary/aromatic N) is 3. The fourth-order valence-electron chi connectivity index (χ4n) is 2.93. The zero-order valence-electron chi connectivity index (χ0n) is 13.7. The molecule has 7 heteroatoms. The summed E-state index contributed by atoms with van der Waals surface area (Å²) in [4.78, 5) is 31.4. The summed E-state index contributed by atoms with van der Waals surface area (Å²) in [5, 5.41) is 0.261. The van der Waals surface area contributed by atoms with Crippen molar-refractivity contribution in [1.29, 1.82) is 0 Å². The van der Waals surface area contributed by atoms with Crippen molar-refractivity contribution < 1.29 is 9.18 Å². The van der Waals surface area contributed by atoms with Crippen LogP contribution in [0, 0.1) is 5.82 Å². The number of carbonyl (C=O) groups excluding carboxylic acids is 1. The Morgan fingerprint density at radius 2 is 2.08 bits per heavy atom. The van der Waals surface area contributed by atoms with E-state index in [1.165, 1.54) is 27.6 Å². The van der Waals surface area contributed by atoms with Crippen LogP contribution in [0.15, 0.2) is 53.6 Å². The second kappa shape index (κ2) is 6.53. The molecule has 0 atom stereocenters. The lowest BCUT2D eigenvalue weighted by Crippen LogP contribution is -2.37.